The molecular formula is C13H12CuIN4-2. The van der Waals surface area contributed by atoms with E-state index in [2.05, 4.69) is 23.8 Å². The van der Waals surface area contributed by atoms with Crippen LogP contribution in [0, 0.1) is 6.07 Å². The Morgan fingerprint density at radius 3 is 2.26 bits per heavy atom. The quantitative estimate of drug-likeness (QED) is 0.196. The SMILES string of the molecule is [Cu][I].[N-]=[NH+][NH-].[c-]1ccccc1N=Cc1ccccc1. The van der Waals surface area contributed by atoms with Crippen molar-refractivity contribution in [2.75, 3.05) is 0 Å². The fourth-order valence-corrected chi connectivity index (χ4v) is 1.15. The third-order valence-electron chi connectivity index (χ3n) is 1.84. The largest absolute Gasteiger partial charge is 0.514 e. The van der Waals surface area contributed by atoms with Crippen LogP contribution >= 0.6 is 20.3 Å². The number of rotatable bonds is 2. The molecule has 0 aromatic heterocycles. The van der Waals surface area contributed by atoms with Crippen LogP contribution in [0.25, 0.3) is 11.4 Å². The number of nitrogens with zero attached hydrogens (tertiary/aromatic N) is 2. The maximum Gasteiger partial charge on any atom is 0.0321 e. The molecule has 0 saturated carbocycles. The standard InChI is InChI=1S/C13H10N.Cu.HI.H2N3/c1-3-7-12(8-4-1)11-14-13-9-5-2-6-10-13;;;1-3-2/h1-9,11H;;1H;3H,(H-2,1,2)/q-1;+1;;-1/p-1. The molecule has 19 heavy (non-hydrogen) atoms. The molecule has 0 unspecified atom stereocenters. The fraction of sp³-hybridized carbons (Fsp3) is 0. The smallest absolute Gasteiger partial charge is 0.0321 e. The Bertz CT molecular complexity index is 421. The molecule has 2 aromatic rings. The van der Waals surface area contributed by atoms with Crippen LogP contribution in [0.3, 0.4) is 0 Å². The minimum atomic E-state index is 0.858. The minimum absolute atomic E-state index is 0.858. The maximum absolute atomic E-state index is 6.99. The van der Waals surface area contributed by atoms with E-state index in [9.17, 15) is 0 Å². The Morgan fingerprint density at radius 2 is 1.74 bits per heavy atom. The molecule has 0 radical (unpaired) electrons. The average Bonchev–Trinajstić information content (AvgIpc) is 2.50. The molecule has 2 aromatic carbocycles. The van der Waals surface area contributed by atoms with Gasteiger partial charge in [0.1, 0.15) is 0 Å². The third-order valence-corrected chi connectivity index (χ3v) is 1.84. The monoisotopic (exact) mass is 414 g/mol. The van der Waals surface area contributed by atoms with Crippen molar-refractivity contribution in [3.63, 3.8) is 0 Å². The third kappa shape index (κ3) is 9.35. The van der Waals surface area contributed by atoms with E-state index in [4.69, 9.17) is 11.4 Å². The zero-order valence-corrected chi connectivity index (χ0v) is 12.9. The predicted octanol–water partition coefficient (Wildman–Crippen LogP) is 3.18. The van der Waals surface area contributed by atoms with Crippen molar-refractivity contribution >= 4 is 32.2 Å². The molecule has 0 heterocycles. The van der Waals surface area contributed by atoms with Crippen molar-refractivity contribution in [2.45, 2.75) is 0 Å². The predicted molar refractivity (Wildman–Crippen MR) is 81.6 cm³/mol. The van der Waals surface area contributed by atoms with Gasteiger partial charge in [0.2, 0.25) is 0 Å². The summed E-state index contributed by atoms with van der Waals surface area (Å²) in [5.41, 5.74) is 8.95. The molecule has 0 atom stereocenters. The van der Waals surface area contributed by atoms with Crippen molar-refractivity contribution in [1.82, 2.24) is 0 Å². The van der Waals surface area contributed by atoms with Gasteiger partial charge in [-0.2, -0.15) is 24.3 Å². The van der Waals surface area contributed by atoms with E-state index in [0.717, 1.165) is 16.5 Å². The molecule has 6 heteroatoms. The summed E-state index contributed by atoms with van der Waals surface area (Å²) in [4.78, 5) is 4.30. The van der Waals surface area contributed by atoms with Crippen LogP contribution in [0.5, 0.6) is 0 Å². The Kier molecular flexibility index (Phi) is 12.3. The summed E-state index contributed by atoms with van der Waals surface area (Å²) >= 11 is 5.87. The van der Waals surface area contributed by atoms with Crippen molar-refractivity contribution in [1.29, 1.82) is 0 Å². The zero-order chi connectivity index (χ0) is 14.3. The summed E-state index contributed by atoms with van der Waals surface area (Å²) < 4.78 is 0. The van der Waals surface area contributed by atoms with E-state index >= 15 is 0 Å². The number of hydrogen-bond donors (Lipinski definition) is 1. The van der Waals surface area contributed by atoms with Gasteiger partial charge in [-0.3, -0.25) is 4.99 Å². The van der Waals surface area contributed by atoms with Crippen molar-refractivity contribution < 1.29 is 18.0 Å². The number of nitrogens with one attached hydrogen (secondary N) is 2. The maximum atomic E-state index is 6.99. The first kappa shape index (κ1) is 17.8. The number of hydrogen-bond acceptors (Lipinski definition) is 1. The molecule has 0 aliphatic rings. The van der Waals surface area contributed by atoms with Crippen molar-refractivity contribution in [3.8, 4) is 0 Å². The number of benzene rings is 2. The molecule has 0 amide bonds. The van der Waals surface area contributed by atoms with E-state index in [1.807, 2.05) is 60.8 Å². The summed E-state index contributed by atoms with van der Waals surface area (Å²) in [7, 11) is 0. The molecule has 0 aliphatic carbocycles. The van der Waals surface area contributed by atoms with Crippen LogP contribution in [0.1, 0.15) is 5.56 Å². The second-order valence-corrected chi connectivity index (χ2v) is 3.03. The molecule has 0 spiro atoms. The molecule has 104 valence electrons. The summed E-state index contributed by atoms with van der Waals surface area (Å²) in [6.45, 7) is 0. The van der Waals surface area contributed by atoms with Crippen LogP contribution in [0.4, 0.5) is 5.69 Å². The molecule has 0 saturated heterocycles. The van der Waals surface area contributed by atoms with Crippen molar-refractivity contribution in [2.24, 2.45) is 4.99 Å². The summed E-state index contributed by atoms with van der Waals surface area (Å²) in [5, 5.41) is 1.00. The molecule has 0 bridgehead atoms. The van der Waals surface area contributed by atoms with Crippen LogP contribution < -0.4 is 5.22 Å². The zero-order valence-electron chi connectivity index (χ0n) is 9.85. The molecular weight excluding hydrogens is 403 g/mol. The van der Waals surface area contributed by atoms with E-state index < -0.39 is 0 Å². The first-order valence-electron chi connectivity index (χ1n) is 5.10. The topological polar surface area (TPSA) is 72.4 Å². The van der Waals surface area contributed by atoms with E-state index in [0.29, 0.717) is 0 Å². The van der Waals surface area contributed by atoms with E-state index in [-0.39, 0.29) is 0 Å². The Hall–Kier alpha value is -1.24. The van der Waals surface area contributed by atoms with Gasteiger partial charge in [-0.15, -0.1) is 6.07 Å². The van der Waals surface area contributed by atoms with Gasteiger partial charge in [-0.25, -0.2) is 0 Å². The fourth-order valence-electron chi connectivity index (χ4n) is 1.15. The molecule has 0 fully saturated rings. The summed E-state index contributed by atoms with van der Waals surface area (Å²) in [6.07, 6.45) is 1.84. The minimum Gasteiger partial charge on any atom is -0.514 e. The first-order valence-corrected chi connectivity index (χ1v) is 8.13. The van der Waals surface area contributed by atoms with Crippen LogP contribution in [0.2, 0.25) is 0 Å². The van der Waals surface area contributed by atoms with Gasteiger partial charge in [0.15, 0.2) is 0 Å². The normalized spacial score (nSPS) is 8.79. The van der Waals surface area contributed by atoms with Gasteiger partial charge in [0, 0.05) is 6.21 Å². The average molecular weight is 415 g/mol. The van der Waals surface area contributed by atoms with Gasteiger partial charge in [0.05, 0.1) is 0 Å². The Morgan fingerprint density at radius 1 is 1.16 bits per heavy atom. The molecule has 0 aliphatic heterocycles. The number of aliphatic imine (C=N–C) groups is 1. The molecule has 4 nitrogen and oxygen atoms in total. The van der Waals surface area contributed by atoms with Gasteiger partial charge < -0.3 is 16.6 Å². The molecule has 2 N–H and O–H groups in total. The van der Waals surface area contributed by atoms with Crippen LogP contribution in [-0.2, 0) is 12.8 Å². The van der Waals surface area contributed by atoms with Gasteiger partial charge in [0.25, 0.3) is 0 Å². The second kappa shape index (κ2) is 13.2. The summed E-state index contributed by atoms with van der Waals surface area (Å²) in [6, 6.07) is 20.7. The number of halogens is 1. The number of para-hydroxylation sites is 1. The van der Waals surface area contributed by atoms with Crippen molar-refractivity contribution in [3.05, 3.63) is 77.6 Å². The molecule has 2 rings (SSSR count). The van der Waals surface area contributed by atoms with Gasteiger partial charge >= 0.3 is 33.1 Å². The van der Waals surface area contributed by atoms with E-state index in [1.165, 1.54) is 0 Å². The second-order valence-electron chi connectivity index (χ2n) is 3.03. The van der Waals surface area contributed by atoms with Gasteiger partial charge in [-0.05, 0) is 11.3 Å². The van der Waals surface area contributed by atoms with E-state index in [1.54, 1.807) is 20.3 Å². The van der Waals surface area contributed by atoms with Crippen LogP contribution in [0.15, 0.2) is 59.6 Å². The van der Waals surface area contributed by atoms with Crippen LogP contribution in [-0.4, -0.2) is 6.21 Å². The van der Waals surface area contributed by atoms with Gasteiger partial charge in [-0.1, -0.05) is 30.3 Å². The Balaban J connectivity index is 0.000000573. The first-order chi connectivity index (χ1) is 9.36. The Labute approximate surface area is 132 Å². The summed E-state index contributed by atoms with van der Waals surface area (Å²) in [5.74, 6) is 5.51.